The number of unbranched alkanes of at least 4 members (excludes halogenated alkanes) is 1. The first-order valence-electron chi connectivity index (χ1n) is 7.91. The van der Waals surface area contributed by atoms with Crippen LogP contribution in [0.15, 0.2) is 12.2 Å². The number of aliphatic carboxylic acids is 1. The van der Waals surface area contributed by atoms with E-state index in [0.717, 1.165) is 4.90 Å². The van der Waals surface area contributed by atoms with E-state index in [1.54, 1.807) is 0 Å². The van der Waals surface area contributed by atoms with E-state index in [4.69, 9.17) is 0 Å². The number of amides is 3. The number of nitrogens with one attached hydrogen (secondary N) is 2. The first-order chi connectivity index (χ1) is 11.1. The normalized spacial score (nSPS) is 15.7. The van der Waals surface area contributed by atoms with Gasteiger partial charge in [-0.05, 0) is 40.0 Å². The molecule has 0 bridgehead atoms. The molecule has 0 aromatic rings. The van der Waals surface area contributed by atoms with Crippen LogP contribution in [0.4, 0.5) is 0 Å². The molecule has 1 aliphatic heterocycles. The average molecular weight is 339 g/mol. The summed E-state index contributed by atoms with van der Waals surface area (Å²) in [6.45, 7) is 6.01. The Bertz CT molecular complexity index is 518. The lowest BCUT2D eigenvalue weighted by molar-refractivity contribution is -0.142. The zero-order chi connectivity index (χ0) is 18.3. The van der Waals surface area contributed by atoms with Crippen molar-refractivity contribution in [2.45, 2.75) is 51.6 Å². The van der Waals surface area contributed by atoms with Crippen LogP contribution >= 0.6 is 0 Å². The minimum Gasteiger partial charge on any atom is -0.480 e. The Morgan fingerprint density at radius 3 is 2.25 bits per heavy atom. The lowest BCUT2D eigenvalue weighted by Gasteiger charge is -2.21. The summed E-state index contributed by atoms with van der Waals surface area (Å²) in [5.74, 6) is -2.19. The summed E-state index contributed by atoms with van der Waals surface area (Å²) >= 11 is 0. The molecule has 0 saturated heterocycles. The van der Waals surface area contributed by atoms with Crippen LogP contribution in [0.3, 0.4) is 0 Å². The fourth-order valence-corrected chi connectivity index (χ4v) is 2.12. The zero-order valence-corrected chi connectivity index (χ0v) is 14.3. The van der Waals surface area contributed by atoms with Gasteiger partial charge in [-0.1, -0.05) is 0 Å². The highest BCUT2D eigenvalue weighted by atomic mass is 16.4. The third kappa shape index (κ3) is 6.91. The molecule has 1 unspecified atom stereocenters. The summed E-state index contributed by atoms with van der Waals surface area (Å²) in [7, 11) is 0. The van der Waals surface area contributed by atoms with Gasteiger partial charge in [-0.15, -0.1) is 0 Å². The Morgan fingerprint density at radius 2 is 1.75 bits per heavy atom. The van der Waals surface area contributed by atoms with Crippen LogP contribution in [0.5, 0.6) is 0 Å². The Kier molecular flexibility index (Phi) is 7.09. The molecule has 1 atom stereocenters. The largest absolute Gasteiger partial charge is 0.480 e. The van der Waals surface area contributed by atoms with Crippen LogP contribution in [0.1, 0.15) is 40.0 Å². The predicted molar refractivity (Wildman–Crippen MR) is 87.0 cm³/mol. The van der Waals surface area contributed by atoms with Gasteiger partial charge in [-0.25, -0.2) is 4.79 Å². The van der Waals surface area contributed by atoms with Gasteiger partial charge in [0.05, 0.1) is 6.54 Å². The molecule has 1 rings (SSSR count). The molecular formula is C16H25N3O5. The molecule has 0 aliphatic carbocycles. The maximum Gasteiger partial charge on any atom is 0.326 e. The predicted octanol–water partition coefficient (Wildman–Crippen LogP) is 0.0392. The van der Waals surface area contributed by atoms with Crippen molar-refractivity contribution >= 4 is 23.7 Å². The number of hydrogen-bond donors (Lipinski definition) is 3. The lowest BCUT2D eigenvalue weighted by Crippen LogP contribution is -2.48. The van der Waals surface area contributed by atoms with Crippen LogP contribution in [0, 0.1) is 0 Å². The summed E-state index contributed by atoms with van der Waals surface area (Å²) in [5.41, 5.74) is -0.237. The van der Waals surface area contributed by atoms with Gasteiger partial charge in [0, 0.05) is 24.2 Å². The van der Waals surface area contributed by atoms with E-state index in [1.807, 2.05) is 20.8 Å². The minimum atomic E-state index is -1.10. The van der Waals surface area contributed by atoms with Crippen LogP contribution < -0.4 is 10.6 Å². The third-order valence-corrected chi connectivity index (χ3v) is 3.44. The molecule has 0 radical (unpaired) electrons. The van der Waals surface area contributed by atoms with Crippen molar-refractivity contribution in [3.05, 3.63) is 12.2 Å². The molecule has 0 spiro atoms. The van der Waals surface area contributed by atoms with Gasteiger partial charge in [-0.2, -0.15) is 0 Å². The molecule has 134 valence electrons. The Hall–Kier alpha value is -2.22. The molecule has 1 heterocycles. The molecule has 3 N–H and O–H groups in total. The van der Waals surface area contributed by atoms with Crippen LogP contribution in [-0.2, 0) is 19.2 Å². The maximum absolute atomic E-state index is 11.8. The zero-order valence-electron chi connectivity index (χ0n) is 14.3. The van der Waals surface area contributed by atoms with Crippen molar-refractivity contribution in [1.82, 2.24) is 15.5 Å². The molecular weight excluding hydrogens is 314 g/mol. The molecule has 8 heteroatoms. The number of carbonyl (C=O) groups is 4. The fourth-order valence-electron chi connectivity index (χ4n) is 2.12. The van der Waals surface area contributed by atoms with Gasteiger partial charge in [0.25, 0.3) is 11.8 Å². The highest BCUT2D eigenvalue weighted by molar-refractivity contribution is 6.12. The lowest BCUT2D eigenvalue weighted by atomic mass is 10.1. The topological polar surface area (TPSA) is 116 Å². The van der Waals surface area contributed by atoms with Crippen molar-refractivity contribution in [3.63, 3.8) is 0 Å². The second-order valence-corrected chi connectivity index (χ2v) is 6.72. The summed E-state index contributed by atoms with van der Waals surface area (Å²) in [6, 6.07) is -0.984. The third-order valence-electron chi connectivity index (χ3n) is 3.44. The molecule has 0 fully saturated rings. The first kappa shape index (κ1) is 19.8. The van der Waals surface area contributed by atoms with Gasteiger partial charge < -0.3 is 15.7 Å². The van der Waals surface area contributed by atoms with Gasteiger partial charge >= 0.3 is 5.97 Å². The molecule has 0 aromatic heterocycles. The van der Waals surface area contributed by atoms with Crippen molar-refractivity contribution in [3.8, 4) is 0 Å². The number of carbonyl (C=O) groups excluding carboxylic acids is 3. The van der Waals surface area contributed by atoms with Gasteiger partial charge in [-0.3, -0.25) is 19.3 Å². The molecule has 1 aliphatic rings. The smallest absolute Gasteiger partial charge is 0.326 e. The SMILES string of the molecule is CC(C)(C)NCC(=O)NC(CCCCN1C(=O)C=CC1=O)C(=O)O. The number of imide groups is 1. The highest BCUT2D eigenvalue weighted by Gasteiger charge is 2.24. The number of nitrogens with zero attached hydrogens (tertiary/aromatic N) is 1. The van der Waals surface area contributed by atoms with E-state index in [1.165, 1.54) is 12.2 Å². The molecule has 8 nitrogen and oxygen atoms in total. The van der Waals surface area contributed by atoms with Crippen molar-refractivity contribution < 1.29 is 24.3 Å². The number of hydrogen-bond acceptors (Lipinski definition) is 5. The minimum absolute atomic E-state index is 0.0374. The Balaban J connectivity index is 2.33. The quantitative estimate of drug-likeness (QED) is 0.403. The highest BCUT2D eigenvalue weighted by Crippen LogP contribution is 2.08. The van der Waals surface area contributed by atoms with Crippen LogP contribution in [-0.4, -0.2) is 58.4 Å². The van der Waals surface area contributed by atoms with E-state index >= 15 is 0 Å². The van der Waals surface area contributed by atoms with E-state index < -0.39 is 12.0 Å². The number of carboxylic acid groups (broad SMARTS) is 1. The van der Waals surface area contributed by atoms with Gasteiger partial charge in [0.1, 0.15) is 6.04 Å². The molecule has 0 saturated carbocycles. The van der Waals surface area contributed by atoms with E-state index in [-0.39, 0.29) is 42.8 Å². The fraction of sp³-hybridized carbons (Fsp3) is 0.625. The van der Waals surface area contributed by atoms with Gasteiger partial charge in [0.2, 0.25) is 5.91 Å². The number of carboxylic acids is 1. The van der Waals surface area contributed by atoms with Crippen molar-refractivity contribution in [2.24, 2.45) is 0 Å². The first-order valence-corrected chi connectivity index (χ1v) is 7.91. The van der Waals surface area contributed by atoms with E-state index in [2.05, 4.69) is 10.6 Å². The van der Waals surface area contributed by atoms with E-state index in [0.29, 0.717) is 12.8 Å². The van der Waals surface area contributed by atoms with Crippen LogP contribution in [0.25, 0.3) is 0 Å². The monoisotopic (exact) mass is 339 g/mol. The second kappa shape index (κ2) is 8.58. The summed E-state index contributed by atoms with van der Waals surface area (Å²) in [5, 5.41) is 14.6. The Morgan fingerprint density at radius 1 is 1.17 bits per heavy atom. The maximum atomic E-state index is 11.8. The summed E-state index contributed by atoms with van der Waals surface area (Å²) in [4.78, 5) is 46.9. The Labute approximate surface area is 141 Å². The summed E-state index contributed by atoms with van der Waals surface area (Å²) in [6.07, 6.45) is 3.62. The van der Waals surface area contributed by atoms with E-state index in [9.17, 15) is 24.3 Å². The second-order valence-electron chi connectivity index (χ2n) is 6.72. The van der Waals surface area contributed by atoms with Gasteiger partial charge in [0.15, 0.2) is 0 Å². The number of rotatable bonds is 9. The molecule has 3 amide bonds. The molecule has 24 heavy (non-hydrogen) atoms. The average Bonchev–Trinajstić information content (AvgIpc) is 2.78. The molecule has 0 aromatic carbocycles. The standard InChI is InChI=1S/C16H25N3O5/c1-16(2,3)17-10-12(20)18-11(15(23)24)6-4-5-9-19-13(21)7-8-14(19)22/h7-8,11,17H,4-6,9-10H2,1-3H3,(H,18,20)(H,23,24). The van der Waals surface area contributed by atoms with Crippen molar-refractivity contribution in [2.75, 3.05) is 13.1 Å². The van der Waals surface area contributed by atoms with Crippen LogP contribution in [0.2, 0.25) is 0 Å². The summed E-state index contributed by atoms with van der Waals surface area (Å²) < 4.78 is 0. The van der Waals surface area contributed by atoms with Crippen molar-refractivity contribution in [1.29, 1.82) is 0 Å².